The van der Waals surface area contributed by atoms with Crippen molar-refractivity contribution in [3.05, 3.63) is 59.0 Å². The van der Waals surface area contributed by atoms with Crippen LogP contribution >= 0.6 is 0 Å². The predicted octanol–water partition coefficient (Wildman–Crippen LogP) is 3.54. The Bertz CT molecular complexity index is 986. The van der Waals surface area contributed by atoms with E-state index in [-0.39, 0.29) is 11.7 Å². The van der Waals surface area contributed by atoms with E-state index in [1.54, 1.807) is 25.4 Å². The van der Waals surface area contributed by atoms with Gasteiger partial charge in [0.1, 0.15) is 11.6 Å². The Kier molecular flexibility index (Phi) is 6.54. The van der Waals surface area contributed by atoms with Crippen LogP contribution in [0.4, 0.5) is 4.39 Å². The van der Waals surface area contributed by atoms with E-state index >= 15 is 0 Å². The summed E-state index contributed by atoms with van der Waals surface area (Å²) in [7, 11) is 1.62. The first kappa shape index (κ1) is 20.4. The van der Waals surface area contributed by atoms with E-state index in [4.69, 9.17) is 9.26 Å². The van der Waals surface area contributed by atoms with Gasteiger partial charge in [-0.25, -0.2) is 4.39 Å². The summed E-state index contributed by atoms with van der Waals surface area (Å²) in [6.07, 6.45) is 3.12. The third-order valence-corrected chi connectivity index (χ3v) is 4.57. The molecule has 0 saturated carbocycles. The van der Waals surface area contributed by atoms with E-state index in [0.717, 1.165) is 22.6 Å². The fourth-order valence-electron chi connectivity index (χ4n) is 2.99. The number of rotatable bonds is 8. The molecule has 0 aliphatic rings. The van der Waals surface area contributed by atoms with Crippen LogP contribution in [0.5, 0.6) is 5.75 Å². The molecule has 1 N–H and O–H groups in total. The molecule has 1 aromatic carbocycles. The van der Waals surface area contributed by atoms with Gasteiger partial charge in [0, 0.05) is 35.7 Å². The van der Waals surface area contributed by atoms with Crippen molar-refractivity contribution in [3.63, 3.8) is 0 Å². The third-order valence-electron chi connectivity index (χ3n) is 4.57. The molecule has 3 aromatic rings. The number of methoxy groups -OCH3 is 1. The van der Waals surface area contributed by atoms with Crippen molar-refractivity contribution in [2.75, 3.05) is 7.11 Å². The van der Waals surface area contributed by atoms with Crippen molar-refractivity contribution in [2.24, 2.45) is 0 Å². The Morgan fingerprint density at radius 2 is 2.00 bits per heavy atom. The fourth-order valence-corrected chi connectivity index (χ4v) is 2.99. The van der Waals surface area contributed by atoms with Crippen molar-refractivity contribution >= 4 is 5.91 Å². The van der Waals surface area contributed by atoms with Gasteiger partial charge in [-0.3, -0.25) is 9.78 Å². The van der Waals surface area contributed by atoms with Crippen LogP contribution in [0.1, 0.15) is 35.6 Å². The highest BCUT2D eigenvalue weighted by molar-refractivity contribution is 5.75. The van der Waals surface area contributed by atoms with Gasteiger partial charge in [0.2, 0.25) is 17.6 Å². The number of hydrogen-bond donors (Lipinski definition) is 1. The number of carbonyl (C=O) groups is 1. The predicted molar refractivity (Wildman–Crippen MR) is 105 cm³/mol. The lowest BCUT2D eigenvalue weighted by Gasteiger charge is -2.12. The summed E-state index contributed by atoms with van der Waals surface area (Å²) >= 11 is 0. The molecule has 0 unspecified atom stereocenters. The molecule has 1 amide bonds. The summed E-state index contributed by atoms with van der Waals surface area (Å²) in [4.78, 5) is 20.8. The highest BCUT2D eigenvalue weighted by atomic mass is 19.1. The smallest absolute Gasteiger partial charge is 0.226 e. The maximum absolute atomic E-state index is 13.0. The van der Waals surface area contributed by atoms with E-state index < -0.39 is 0 Å². The number of amides is 1. The molecule has 0 aliphatic heterocycles. The van der Waals surface area contributed by atoms with E-state index in [9.17, 15) is 9.18 Å². The molecule has 0 radical (unpaired) electrons. The Balaban J connectivity index is 1.47. The SMILES string of the molecule is COc1c(C)cnc(CNC(=O)CCCc2nc(-c3ccc(F)cc3)no2)c1C. The van der Waals surface area contributed by atoms with Crippen molar-refractivity contribution < 1.29 is 18.4 Å². The molecule has 0 spiro atoms. The first-order valence-electron chi connectivity index (χ1n) is 9.32. The summed E-state index contributed by atoms with van der Waals surface area (Å²) in [5.74, 6) is 1.23. The van der Waals surface area contributed by atoms with Gasteiger partial charge in [-0.15, -0.1) is 0 Å². The molecular weight excluding hydrogens is 375 g/mol. The van der Waals surface area contributed by atoms with Crippen LogP contribution in [0, 0.1) is 19.7 Å². The van der Waals surface area contributed by atoms with Crippen molar-refractivity contribution in [2.45, 2.75) is 39.7 Å². The highest BCUT2D eigenvalue weighted by Gasteiger charge is 2.12. The van der Waals surface area contributed by atoms with Gasteiger partial charge in [-0.2, -0.15) is 4.98 Å². The largest absolute Gasteiger partial charge is 0.496 e. The van der Waals surface area contributed by atoms with Gasteiger partial charge in [0.05, 0.1) is 19.3 Å². The van der Waals surface area contributed by atoms with Crippen LogP contribution in [0.25, 0.3) is 11.4 Å². The zero-order valence-corrected chi connectivity index (χ0v) is 16.7. The number of pyridine rings is 1. The summed E-state index contributed by atoms with van der Waals surface area (Å²) in [5.41, 5.74) is 3.34. The maximum atomic E-state index is 13.0. The summed E-state index contributed by atoms with van der Waals surface area (Å²) in [6, 6.07) is 5.87. The Labute approximate surface area is 168 Å². The minimum Gasteiger partial charge on any atom is -0.496 e. The minimum atomic E-state index is -0.321. The topological polar surface area (TPSA) is 90.1 Å². The molecule has 2 heterocycles. The second-order valence-corrected chi connectivity index (χ2v) is 6.70. The molecule has 0 saturated heterocycles. The normalized spacial score (nSPS) is 10.8. The number of halogens is 1. The van der Waals surface area contributed by atoms with Crippen LogP contribution in [-0.4, -0.2) is 28.1 Å². The Morgan fingerprint density at radius 3 is 2.72 bits per heavy atom. The maximum Gasteiger partial charge on any atom is 0.226 e. The lowest BCUT2D eigenvalue weighted by atomic mass is 10.1. The zero-order chi connectivity index (χ0) is 20.8. The monoisotopic (exact) mass is 398 g/mol. The van der Waals surface area contributed by atoms with Gasteiger partial charge < -0.3 is 14.6 Å². The van der Waals surface area contributed by atoms with Crippen molar-refractivity contribution in [3.8, 4) is 17.1 Å². The lowest BCUT2D eigenvalue weighted by molar-refractivity contribution is -0.121. The number of ether oxygens (including phenoxy) is 1. The van der Waals surface area contributed by atoms with Crippen molar-refractivity contribution in [1.82, 2.24) is 20.4 Å². The number of benzene rings is 1. The number of aromatic nitrogens is 3. The van der Waals surface area contributed by atoms with Gasteiger partial charge in [0.15, 0.2) is 0 Å². The van der Waals surface area contributed by atoms with Crippen LogP contribution in [-0.2, 0) is 17.8 Å². The molecule has 8 heteroatoms. The Morgan fingerprint density at radius 1 is 1.24 bits per heavy atom. The van der Waals surface area contributed by atoms with Crippen LogP contribution in [0.15, 0.2) is 35.0 Å². The van der Waals surface area contributed by atoms with Gasteiger partial charge >= 0.3 is 0 Å². The van der Waals surface area contributed by atoms with E-state index in [2.05, 4.69) is 20.4 Å². The summed E-state index contributed by atoms with van der Waals surface area (Å²) in [6.45, 7) is 4.20. The summed E-state index contributed by atoms with van der Waals surface area (Å²) in [5, 5.41) is 6.77. The molecule has 152 valence electrons. The summed E-state index contributed by atoms with van der Waals surface area (Å²) < 4.78 is 23.6. The third kappa shape index (κ3) is 5.16. The minimum absolute atomic E-state index is 0.0796. The molecule has 2 aromatic heterocycles. The molecule has 29 heavy (non-hydrogen) atoms. The van der Waals surface area contributed by atoms with Crippen LogP contribution in [0.2, 0.25) is 0 Å². The van der Waals surface area contributed by atoms with Crippen LogP contribution < -0.4 is 10.1 Å². The average Bonchev–Trinajstić information content (AvgIpc) is 3.17. The molecular formula is C21H23FN4O3. The number of aryl methyl sites for hydroxylation is 2. The molecule has 0 atom stereocenters. The number of carbonyl (C=O) groups excluding carboxylic acids is 1. The fraction of sp³-hybridized carbons (Fsp3) is 0.333. The zero-order valence-electron chi connectivity index (χ0n) is 16.7. The molecule has 0 bridgehead atoms. The second-order valence-electron chi connectivity index (χ2n) is 6.70. The first-order valence-corrected chi connectivity index (χ1v) is 9.32. The number of nitrogens with zero attached hydrogens (tertiary/aromatic N) is 3. The quantitative estimate of drug-likeness (QED) is 0.624. The molecule has 3 rings (SSSR count). The molecule has 0 fully saturated rings. The molecule has 7 nitrogen and oxygen atoms in total. The highest BCUT2D eigenvalue weighted by Crippen LogP contribution is 2.23. The van der Waals surface area contributed by atoms with E-state index in [0.29, 0.717) is 43.1 Å². The Hall–Kier alpha value is -3.29. The van der Waals surface area contributed by atoms with E-state index in [1.165, 1.54) is 12.1 Å². The lowest BCUT2D eigenvalue weighted by Crippen LogP contribution is -2.23. The van der Waals surface area contributed by atoms with Gasteiger partial charge in [-0.05, 0) is 44.5 Å². The molecule has 0 aliphatic carbocycles. The van der Waals surface area contributed by atoms with Crippen molar-refractivity contribution in [1.29, 1.82) is 0 Å². The number of nitrogens with one attached hydrogen (secondary N) is 1. The average molecular weight is 398 g/mol. The van der Waals surface area contributed by atoms with Gasteiger partial charge in [-0.1, -0.05) is 5.16 Å². The standard InChI is InChI=1S/C21H23FN4O3/c1-13-11-23-17(14(2)20(13)28-3)12-24-18(27)5-4-6-19-25-21(26-29-19)15-7-9-16(22)10-8-15/h7-11H,4-6,12H2,1-3H3,(H,24,27). The van der Waals surface area contributed by atoms with Crippen LogP contribution in [0.3, 0.4) is 0 Å². The van der Waals surface area contributed by atoms with E-state index in [1.807, 2.05) is 13.8 Å². The first-order chi connectivity index (χ1) is 14.0. The van der Waals surface area contributed by atoms with Gasteiger partial charge in [0.25, 0.3) is 0 Å². The second kappa shape index (κ2) is 9.27. The number of hydrogen-bond acceptors (Lipinski definition) is 6.